The van der Waals surface area contributed by atoms with E-state index in [1.165, 1.54) is 6.07 Å². The molecule has 182 valence electrons. The number of aryl methyl sites for hydroxylation is 1. The van der Waals surface area contributed by atoms with Crippen molar-refractivity contribution in [1.29, 1.82) is 0 Å². The first kappa shape index (κ1) is 23.5. The van der Waals surface area contributed by atoms with Crippen LogP contribution >= 0.6 is 11.6 Å². The molecule has 1 amide bonds. The van der Waals surface area contributed by atoms with Crippen LogP contribution in [0.4, 0.5) is 11.4 Å². The number of fused-ring (bicyclic) bond motifs is 1. The van der Waals surface area contributed by atoms with E-state index >= 15 is 0 Å². The number of aromatic nitrogens is 2. The minimum Gasteiger partial charge on any atom is -0.368 e. The lowest BCUT2D eigenvalue weighted by Crippen LogP contribution is -2.48. The third-order valence-electron chi connectivity index (χ3n) is 6.41. The Morgan fingerprint density at radius 1 is 0.972 bits per heavy atom. The molecule has 1 aliphatic heterocycles. The molecule has 36 heavy (non-hydrogen) atoms. The first-order valence-corrected chi connectivity index (χ1v) is 11.8. The summed E-state index contributed by atoms with van der Waals surface area (Å²) in [4.78, 5) is 41.2. The minimum atomic E-state index is -0.516. The Labute approximate surface area is 211 Å². The Kier molecular flexibility index (Phi) is 6.15. The Balaban J connectivity index is 1.46. The van der Waals surface area contributed by atoms with Gasteiger partial charge >= 0.3 is 0 Å². The maximum Gasteiger partial charge on any atom is 0.295 e. The van der Waals surface area contributed by atoms with E-state index in [1.807, 2.05) is 11.0 Å². The van der Waals surface area contributed by atoms with Crippen molar-refractivity contribution in [1.82, 2.24) is 14.7 Å². The van der Waals surface area contributed by atoms with Crippen molar-refractivity contribution in [3.8, 4) is 5.69 Å². The molecule has 1 saturated heterocycles. The third-order valence-corrected chi connectivity index (χ3v) is 6.74. The van der Waals surface area contributed by atoms with Crippen LogP contribution in [0.1, 0.15) is 16.1 Å². The monoisotopic (exact) mass is 503 g/mol. The highest BCUT2D eigenvalue weighted by Crippen LogP contribution is 2.29. The Morgan fingerprint density at radius 2 is 1.64 bits per heavy atom. The fourth-order valence-electron chi connectivity index (χ4n) is 4.52. The van der Waals surface area contributed by atoms with Crippen molar-refractivity contribution < 1.29 is 9.72 Å². The van der Waals surface area contributed by atoms with E-state index in [-0.39, 0.29) is 17.3 Å². The average Bonchev–Trinajstić information content (AvgIpc) is 2.90. The normalized spacial score (nSPS) is 13.7. The molecule has 0 unspecified atom stereocenters. The molecule has 1 aliphatic rings. The highest BCUT2D eigenvalue weighted by atomic mass is 35.5. The lowest BCUT2D eigenvalue weighted by atomic mass is 10.1. The molecule has 2 heterocycles. The van der Waals surface area contributed by atoms with Crippen LogP contribution in [0.3, 0.4) is 0 Å². The number of piperazine rings is 1. The number of rotatable bonds is 4. The molecule has 0 N–H and O–H groups in total. The van der Waals surface area contributed by atoms with Crippen molar-refractivity contribution in [3.05, 3.63) is 103 Å². The maximum atomic E-state index is 13.2. The summed E-state index contributed by atoms with van der Waals surface area (Å²) in [5.74, 6) is -0.132. The van der Waals surface area contributed by atoms with Crippen LogP contribution in [0.5, 0.6) is 0 Å². The minimum absolute atomic E-state index is 0.103. The molecule has 0 aliphatic carbocycles. The van der Waals surface area contributed by atoms with Crippen molar-refractivity contribution in [2.75, 3.05) is 31.1 Å². The number of amides is 1. The molecule has 0 saturated carbocycles. The summed E-state index contributed by atoms with van der Waals surface area (Å²) >= 11 is 6.19. The van der Waals surface area contributed by atoms with Crippen LogP contribution in [0.2, 0.25) is 5.02 Å². The predicted molar refractivity (Wildman–Crippen MR) is 138 cm³/mol. The van der Waals surface area contributed by atoms with Gasteiger partial charge in [-0.1, -0.05) is 41.9 Å². The van der Waals surface area contributed by atoms with Crippen molar-refractivity contribution in [3.63, 3.8) is 0 Å². The molecule has 0 bridgehead atoms. The second-order valence-corrected chi connectivity index (χ2v) is 8.94. The fourth-order valence-corrected chi connectivity index (χ4v) is 4.73. The van der Waals surface area contributed by atoms with Crippen LogP contribution < -0.4 is 10.5 Å². The van der Waals surface area contributed by atoms with Gasteiger partial charge in [0.2, 0.25) is 0 Å². The molecule has 1 aromatic heterocycles. The van der Waals surface area contributed by atoms with Crippen LogP contribution in [0.25, 0.3) is 16.5 Å². The number of carbonyl (C=O) groups is 1. The van der Waals surface area contributed by atoms with E-state index < -0.39 is 10.5 Å². The lowest BCUT2D eigenvalue weighted by Gasteiger charge is -2.36. The summed E-state index contributed by atoms with van der Waals surface area (Å²) in [6.45, 7) is 3.73. The average molecular weight is 504 g/mol. The first-order chi connectivity index (χ1) is 17.3. The van der Waals surface area contributed by atoms with Gasteiger partial charge in [-0.25, -0.2) is 0 Å². The summed E-state index contributed by atoms with van der Waals surface area (Å²) < 4.78 is 1.11. The number of nitro groups is 1. The number of hydrogen-bond acceptors (Lipinski definition) is 6. The van der Waals surface area contributed by atoms with Gasteiger partial charge < -0.3 is 9.80 Å². The van der Waals surface area contributed by atoms with Gasteiger partial charge in [0.15, 0.2) is 0 Å². The SMILES string of the molecule is Cc1nn(-c2cc(N3CCN(C(=O)c4ccccc4Cl)CC3)ccc2[N+](=O)[O-])c(=O)c2ccccc12. The molecule has 0 atom stereocenters. The summed E-state index contributed by atoms with van der Waals surface area (Å²) in [6.07, 6.45) is 0. The van der Waals surface area contributed by atoms with Crippen LogP contribution in [-0.4, -0.2) is 51.7 Å². The Bertz CT molecular complexity index is 1560. The standard InChI is InChI=1S/C26H22ClN5O4/c1-17-19-6-2-3-7-20(19)26(34)31(28-17)24-16-18(10-11-23(24)32(35)36)29-12-14-30(15-13-29)25(33)21-8-4-5-9-22(21)27/h2-11,16H,12-15H2,1H3. The molecule has 0 radical (unpaired) electrons. The quantitative estimate of drug-likeness (QED) is 0.305. The topological polar surface area (TPSA) is 102 Å². The van der Waals surface area contributed by atoms with E-state index in [1.54, 1.807) is 66.4 Å². The van der Waals surface area contributed by atoms with Gasteiger partial charge in [0.25, 0.3) is 17.2 Å². The van der Waals surface area contributed by atoms with Gasteiger partial charge in [0.1, 0.15) is 5.69 Å². The fraction of sp³-hybridized carbons (Fsp3) is 0.192. The van der Waals surface area contributed by atoms with E-state index in [9.17, 15) is 19.7 Å². The molecule has 9 nitrogen and oxygen atoms in total. The predicted octanol–water partition coefficient (Wildman–Crippen LogP) is 4.22. The van der Waals surface area contributed by atoms with Gasteiger partial charge in [-0.15, -0.1) is 0 Å². The van der Waals surface area contributed by atoms with Gasteiger partial charge in [0, 0.05) is 43.3 Å². The Morgan fingerprint density at radius 3 is 2.33 bits per heavy atom. The Hall–Kier alpha value is -4.24. The highest BCUT2D eigenvalue weighted by Gasteiger charge is 2.26. The number of halogens is 1. The summed E-state index contributed by atoms with van der Waals surface area (Å²) in [7, 11) is 0. The van der Waals surface area contributed by atoms with Crippen LogP contribution in [-0.2, 0) is 0 Å². The highest BCUT2D eigenvalue weighted by molar-refractivity contribution is 6.33. The lowest BCUT2D eigenvalue weighted by molar-refractivity contribution is -0.384. The summed E-state index contributed by atoms with van der Waals surface area (Å²) in [5, 5.41) is 17.8. The van der Waals surface area contributed by atoms with Gasteiger partial charge in [-0.05, 0) is 37.3 Å². The van der Waals surface area contributed by atoms with E-state index in [4.69, 9.17) is 11.6 Å². The molecule has 5 rings (SSSR count). The van der Waals surface area contributed by atoms with Crippen LogP contribution in [0.15, 0.2) is 71.5 Å². The number of benzene rings is 3. The van der Waals surface area contributed by atoms with Crippen molar-refractivity contribution in [2.45, 2.75) is 6.92 Å². The molecule has 3 aromatic carbocycles. The zero-order chi connectivity index (χ0) is 25.4. The molecular weight excluding hydrogens is 482 g/mol. The van der Waals surface area contributed by atoms with Crippen molar-refractivity contribution in [2.24, 2.45) is 0 Å². The largest absolute Gasteiger partial charge is 0.368 e. The van der Waals surface area contributed by atoms with Gasteiger partial charge in [-0.2, -0.15) is 9.78 Å². The van der Waals surface area contributed by atoms with E-state index in [0.717, 1.165) is 4.68 Å². The number of hydrogen-bond donors (Lipinski definition) is 0. The second kappa shape index (κ2) is 9.43. The first-order valence-electron chi connectivity index (χ1n) is 11.4. The summed E-state index contributed by atoms with van der Waals surface area (Å²) in [5.41, 5.74) is 1.23. The molecule has 1 fully saturated rings. The van der Waals surface area contributed by atoms with E-state index in [0.29, 0.717) is 58.9 Å². The van der Waals surface area contributed by atoms with Crippen molar-refractivity contribution >= 4 is 39.7 Å². The number of anilines is 1. The zero-order valence-electron chi connectivity index (χ0n) is 19.4. The van der Waals surface area contributed by atoms with E-state index in [2.05, 4.69) is 5.10 Å². The number of carbonyl (C=O) groups excluding carboxylic acids is 1. The smallest absolute Gasteiger partial charge is 0.295 e. The number of nitrogens with zero attached hydrogens (tertiary/aromatic N) is 5. The molecular formula is C26H22ClN5O4. The number of nitro benzene ring substituents is 1. The second-order valence-electron chi connectivity index (χ2n) is 8.54. The zero-order valence-corrected chi connectivity index (χ0v) is 20.2. The maximum absolute atomic E-state index is 13.2. The molecule has 10 heteroatoms. The van der Waals surface area contributed by atoms with Gasteiger partial charge in [-0.3, -0.25) is 19.7 Å². The van der Waals surface area contributed by atoms with Gasteiger partial charge in [0.05, 0.1) is 26.6 Å². The molecule has 0 spiro atoms. The summed E-state index contributed by atoms with van der Waals surface area (Å²) in [6, 6.07) is 18.7. The molecule has 4 aromatic rings. The van der Waals surface area contributed by atoms with Crippen LogP contribution in [0, 0.1) is 17.0 Å². The third kappa shape index (κ3) is 4.18.